The normalized spacial score (nSPS) is 30.4. The van der Waals surface area contributed by atoms with E-state index in [1.807, 2.05) is 30.3 Å². The second-order valence-electron chi connectivity index (χ2n) is 17.4. The zero-order chi connectivity index (χ0) is 38.1. The molecule has 8 rings (SSSR count). The second-order valence-corrected chi connectivity index (χ2v) is 17.4. The average Bonchev–Trinajstić information content (AvgIpc) is 3.45. The highest BCUT2D eigenvalue weighted by molar-refractivity contribution is 5.75. The molecule has 2 unspecified atom stereocenters. The topological polar surface area (TPSA) is 134 Å². The molecule has 0 radical (unpaired) electrons. The third-order valence-electron chi connectivity index (χ3n) is 12.7. The van der Waals surface area contributed by atoms with Crippen LogP contribution in [0.4, 0.5) is 9.59 Å². The molecule has 2 aromatic carbocycles. The Kier molecular flexibility index (Phi) is 10.9. The lowest BCUT2D eigenvalue weighted by Crippen LogP contribution is -2.65. The van der Waals surface area contributed by atoms with E-state index in [-0.39, 0.29) is 35.5 Å². The van der Waals surface area contributed by atoms with E-state index in [9.17, 15) is 14.4 Å². The SMILES string of the molecule is COc1ccc(C[C@H]2COC(=O)[C@@H]2Cc2ccc(OC(=O)NC3CCN(CCOC(=O)NC45CC6CC(C)(CC(C)(C6)C4)C5)CC3)c(OC)c2)cc1OC. The van der Waals surface area contributed by atoms with Gasteiger partial charge < -0.3 is 39.1 Å². The minimum absolute atomic E-state index is 0.00878. The van der Waals surface area contributed by atoms with E-state index in [4.69, 9.17) is 28.4 Å². The van der Waals surface area contributed by atoms with Gasteiger partial charge in [-0.3, -0.25) is 9.69 Å². The molecule has 2 saturated heterocycles. The van der Waals surface area contributed by atoms with Gasteiger partial charge in [0.25, 0.3) is 0 Å². The van der Waals surface area contributed by atoms with Crippen LogP contribution in [0.3, 0.4) is 0 Å². The van der Waals surface area contributed by atoms with Gasteiger partial charge in [0.05, 0.1) is 33.9 Å². The lowest BCUT2D eigenvalue weighted by Gasteiger charge is -2.65. The van der Waals surface area contributed by atoms with Crippen LogP contribution in [-0.4, -0.2) is 88.8 Å². The molecule has 2 aliphatic heterocycles. The molecule has 6 aliphatic rings. The van der Waals surface area contributed by atoms with Crippen LogP contribution < -0.4 is 29.6 Å². The van der Waals surface area contributed by atoms with Crippen molar-refractivity contribution in [3.8, 4) is 23.0 Å². The van der Waals surface area contributed by atoms with Gasteiger partial charge in [0.15, 0.2) is 23.0 Å². The smallest absolute Gasteiger partial charge is 0.412 e. The summed E-state index contributed by atoms with van der Waals surface area (Å²) in [4.78, 5) is 40.9. The standard InChI is InChI=1S/C42H57N3O9/c1-40-20-29-21-41(2,24-40)26-42(22-29,25-40)44-39(48)52-15-14-45-12-10-31(11-13-45)43-38(47)54-34-9-7-28(19-36(34)51-5)17-32-30(23-53-37(32)46)16-27-6-8-33(49-3)35(18-27)50-4/h6-9,18-19,29-32H,10-17,20-26H2,1-5H3,(H,43,47)(H,44,48)/t29?,30-,32+,40?,41?,42?/m0/s1. The Labute approximate surface area is 318 Å². The summed E-state index contributed by atoms with van der Waals surface area (Å²) >= 11 is 0. The van der Waals surface area contributed by atoms with Crippen molar-refractivity contribution in [2.45, 2.75) is 89.6 Å². The fraction of sp³-hybridized carbons (Fsp3) is 0.643. The number of piperidine rings is 1. The molecule has 4 bridgehead atoms. The largest absolute Gasteiger partial charge is 0.493 e. The van der Waals surface area contributed by atoms with Gasteiger partial charge in [-0.1, -0.05) is 26.0 Å². The van der Waals surface area contributed by atoms with E-state index in [2.05, 4.69) is 29.4 Å². The summed E-state index contributed by atoms with van der Waals surface area (Å²) in [5, 5.41) is 6.33. The highest BCUT2D eigenvalue weighted by Crippen LogP contribution is 2.66. The number of carbonyl (C=O) groups is 3. The quantitative estimate of drug-likeness (QED) is 0.225. The summed E-state index contributed by atoms with van der Waals surface area (Å²) in [6.45, 7) is 7.73. The van der Waals surface area contributed by atoms with E-state index in [1.54, 1.807) is 20.3 Å². The maximum absolute atomic E-state index is 12.9. The number of alkyl carbamates (subject to hydrolysis) is 1. The van der Waals surface area contributed by atoms with Crippen LogP contribution in [0.15, 0.2) is 36.4 Å². The predicted molar refractivity (Wildman–Crippen MR) is 201 cm³/mol. The zero-order valence-electron chi connectivity index (χ0n) is 32.5. The van der Waals surface area contributed by atoms with Crippen LogP contribution in [0.1, 0.15) is 76.3 Å². The van der Waals surface area contributed by atoms with Crippen molar-refractivity contribution in [2.24, 2.45) is 28.6 Å². The molecule has 0 spiro atoms. The van der Waals surface area contributed by atoms with Crippen molar-refractivity contribution in [1.82, 2.24) is 15.5 Å². The van der Waals surface area contributed by atoms with Gasteiger partial charge in [-0.25, -0.2) is 9.59 Å². The highest BCUT2D eigenvalue weighted by Gasteiger charge is 2.60. The molecule has 54 heavy (non-hydrogen) atoms. The highest BCUT2D eigenvalue weighted by atomic mass is 16.6. The minimum Gasteiger partial charge on any atom is -0.493 e. The lowest BCUT2D eigenvalue weighted by molar-refractivity contribution is -0.141. The number of carbonyl (C=O) groups excluding carboxylic acids is 3. The van der Waals surface area contributed by atoms with E-state index in [0.29, 0.717) is 72.3 Å². The van der Waals surface area contributed by atoms with Gasteiger partial charge in [0, 0.05) is 37.1 Å². The first-order valence-corrected chi connectivity index (χ1v) is 19.6. The molecule has 2 N–H and O–H groups in total. The number of cyclic esters (lactones) is 1. The van der Waals surface area contributed by atoms with Crippen molar-refractivity contribution in [1.29, 1.82) is 0 Å². The van der Waals surface area contributed by atoms with Crippen molar-refractivity contribution < 1.29 is 42.8 Å². The van der Waals surface area contributed by atoms with Gasteiger partial charge in [0.2, 0.25) is 0 Å². The zero-order valence-corrected chi connectivity index (χ0v) is 32.5. The Balaban J connectivity index is 0.838. The van der Waals surface area contributed by atoms with Crippen molar-refractivity contribution >= 4 is 18.2 Å². The fourth-order valence-electron chi connectivity index (χ4n) is 11.2. The number of benzene rings is 2. The van der Waals surface area contributed by atoms with E-state index in [0.717, 1.165) is 56.3 Å². The molecule has 2 aromatic rings. The van der Waals surface area contributed by atoms with E-state index < -0.39 is 6.09 Å². The van der Waals surface area contributed by atoms with Crippen LogP contribution in [0.2, 0.25) is 0 Å². The van der Waals surface area contributed by atoms with Gasteiger partial charge in [0.1, 0.15) is 6.61 Å². The molecule has 12 nitrogen and oxygen atoms in total. The number of rotatable bonds is 13. The summed E-state index contributed by atoms with van der Waals surface area (Å²) < 4.78 is 33.3. The van der Waals surface area contributed by atoms with Gasteiger partial charge in [-0.2, -0.15) is 0 Å². The summed E-state index contributed by atoms with van der Waals surface area (Å²) in [7, 11) is 4.73. The Bertz CT molecular complexity index is 1690. The van der Waals surface area contributed by atoms with Crippen LogP contribution in [0.5, 0.6) is 23.0 Å². The first-order chi connectivity index (χ1) is 25.9. The molecule has 2 amide bonds. The van der Waals surface area contributed by atoms with Gasteiger partial charge in [-0.05, 0) is 116 Å². The molecule has 0 aromatic heterocycles. The summed E-state index contributed by atoms with van der Waals surface area (Å²) in [6.07, 6.45) is 8.87. The molecule has 12 heteroatoms. The van der Waals surface area contributed by atoms with E-state index >= 15 is 0 Å². The van der Waals surface area contributed by atoms with Crippen LogP contribution in [-0.2, 0) is 27.1 Å². The van der Waals surface area contributed by atoms with Crippen LogP contribution in [0.25, 0.3) is 0 Å². The number of esters is 1. The lowest BCUT2D eigenvalue weighted by atomic mass is 9.43. The average molecular weight is 748 g/mol. The minimum atomic E-state index is -0.541. The first kappa shape index (κ1) is 38.1. The maximum Gasteiger partial charge on any atom is 0.412 e. The molecule has 4 atom stereocenters. The van der Waals surface area contributed by atoms with Crippen molar-refractivity contribution in [3.63, 3.8) is 0 Å². The Morgan fingerprint density at radius 2 is 1.44 bits per heavy atom. The fourth-order valence-corrected chi connectivity index (χ4v) is 11.2. The number of nitrogens with zero attached hydrogens (tertiary/aromatic N) is 1. The summed E-state index contributed by atoms with van der Waals surface area (Å²) in [5.41, 5.74) is 2.46. The predicted octanol–water partition coefficient (Wildman–Crippen LogP) is 6.31. The summed E-state index contributed by atoms with van der Waals surface area (Å²) in [6, 6.07) is 11.1. The number of ether oxygens (including phenoxy) is 6. The van der Waals surface area contributed by atoms with Gasteiger partial charge >= 0.3 is 18.2 Å². The monoisotopic (exact) mass is 747 g/mol. The molecule has 6 fully saturated rings. The molecule has 2 heterocycles. The van der Waals surface area contributed by atoms with Crippen LogP contribution in [0, 0.1) is 28.6 Å². The molecule has 4 saturated carbocycles. The number of likely N-dealkylation sites (tertiary alicyclic amines) is 1. The van der Waals surface area contributed by atoms with E-state index in [1.165, 1.54) is 26.4 Å². The van der Waals surface area contributed by atoms with Crippen molar-refractivity contribution in [2.75, 3.05) is 54.2 Å². The molecule has 4 aliphatic carbocycles. The third kappa shape index (κ3) is 8.53. The van der Waals surface area contributed by atoms with Gasteiger partial charge in [-0.15, -0.1) is 0 Å². The van der Waals surface area contributed by atoms with Crippen LogP contribution >= 0.6 is 0 Å². The Morgan fingerprint density at radius 1 is 0.815 bits per heavy atom. The Hall–Kier alpha value is -4.19. The second kappa shape index (κ2) is 15.5. The molecular weight excluding hydrogens is 690 g/mol. The van der Waals surface area contributed by atoms with Crippen molar-refractivity contribution in [3.05, 3.63) is 47.5 Å². The summed E-state index contributed by atoms with van der Waals surface area (Å²) in [5.74, 6) is 2.16. The number of nitrogens with one attached hydrogen (secondary N) is 2. The number of hydrogen-bond donors (Lipinski definition) is 2. The molecule has 294 valence electrons. The maximum atomic E-state index is 12.9. The molecular formula is C42H57N3O9. The number of methoxy groups -OCH3 is 3. The first-order valence-electron chi connectivity index (χ1n) is 19.6. The Morgan fingerprint density at radius 3 is 2.09 bits per heavy atom. The third-order valence-corrected chi connectivity index (χ3v) is 12.7. The number of amides is 2. The number of hydrogen-bond acceptors (Lipinski definition) is 10.